The van der Waals surface area contributed by atoms with Crippen LogP contribution in [0.1, 0.15) is 16.7 Å². The Morgan fingerprint density at radius 3 is 1.63 bits per heavy atom. The lowest BCUT2D eigenvalue weighted by Gasteiger charge is -1.96. The molecule has 0 saturated carbocycles. The van der Waals surface area contributed by atoms with Crippen molar-refractivity contribution in [3.05, 3.63) is 65.2 Å². The summed E-state index contributed by atoms with van der Waals surface area (Å²) < 4.78 is 10.8. The van der Waals surface area contributed by atoms with Gasteiger partial charge >= 0.3 is 13.8 Å². The Labute approximate surface area is 115 Å². The minimum atomic E-state index is -1.80. The average Bonchev–Trinajstić information content (AvgIpc) is 2.38. The molecule has 0 heterocycles. The first-order valence-corrected chi connectivity index (χ1v) is 7.37. The van der Waals surface area contributed by atoms with Gasteiger partial charge < -0.3 is 0 Å². The van der Waals surface area contributed by atoms with Gasteiger partial charge in [0, 0.05) is 0 Å². The number of hydrogen-bond acceptors (Lipinski definition) is 2. The highest BCUT2D eigenvalue weighted by atomic mass is 31.1. The standard InChI is InChI=1S/C9H12.C7H6O2P/c1-7-4-8(2)6-9(3)5-7;8-6-10(9)7-4-2-1-3-5-7/h4-6H,1-3H3;1-6H/q;+1. The maximum atomic E-state index is 10.8. The van der Waals surface area contributed by atoms with E-state index in [1.807, 2.05) is 6.07 Å². The first kappa shape index (κ1) is 15.3. The van der Waals surface area contributed by atoms with Crippen LogP contribution in [0.3, 0.4) is 0 Å². The number of hydrogen-bond donors (Lipinski definition) is 0. The highest BCUT2D eigenvalue weighted by molar-refractivity contribution is 7.68. The Hall–Kier alpha value is -1.79. The minimum Gasteiger partial charge on any atom is -0.243 e. The highest BCUT2D eigenvalue weighted by Crippen LogP contribution is 2.12. The van der Waals surface area contributed by atoms with Crippen molar-refractivity contribution in [3.63, 3.8) is 0 Å². The molecule has 2 aromatic carbocycles. The van der Waals surface area contributed by atoms with Crippen LogP contribution in [-0.2, 0) is 9.36 Å². The van der Waals surface area contributed by atoms with Gasteiger partial charge in [-0.2, -0.15) is 0 Å². The monoisotopic (exact) mass is 273 g/mol. The first-order chi connectivity index (χ1) is 9.02. The smallest absolute Gasteiger partial charge is 0.243 e. The van der Waals surface area contributed by atoms with Crippen LogP contribution in [0.4, 0.5) is 0 Å². The van der Waals surface area contributed by atoms with Crippen molar-refractivity contribution >= 4 is 19.1 Å². The summed E-state index contributed by atoms with van der Waals surface area (Å²) in [6.45, 7) is 6.38. The summed E-state index contributed by atoms with van der Waals surface area (Å²) in [5.74, 6) is 0. The van der Waals surface area contributed by atoms with Crippen molar-refractivity contribution in [3.8, 4) is 0 Å². The quantitative estimate of drug-likeness (QED) is 0.613. The van der Waals surface area contributed by atoms with Gasteiger partial charge in [0.1, 0.15) is 0 Å². The predicted molar refractivity (Wildman–Crippen MR) is 81.1 cm³/mol. The molecular weight excluding hydrogens is 255 g/mol. The van der Waals surface area contributed by atoms with E-state index in [4.69, 9.17) is 0 Å². The summed E-state index contributed by atoms with van der Waals surface area (Å²) in [5, 5.41) is 0.590. The molecule has 0 aliphatic carbocycles. The molecule has 0 saturated heterocycles. The molecule has 2 nitrogen and oxygen atoms in total. The molecule has 2 rings (SSSR count). The summed E-state index contributed by atoms with van der Waals surface area (Å²) in [5.41, 5.74) is 4.06. The SMILES string of the molecule is Cc1cc(C)cc(C)c1.O=C[P+](=O)c1ccccc1. The maximum absolute atomic E-state index is 10.8. The van der Waals surface area contributed by atoms with E-state index < -0.39 is 7.80 Å². The first-order valence-electron chi connectivity index (χ1n) is 6.04. The van der Waals surface area contributed by atoms with Crippen LogP contribution in [0.5, 0.6) is 0 Å². The minimum absolute atomic E-state index is 0.463. The van der Waals surface area contributed by atoms with Crippen LogP contribution in [0, 0.1) is 20.8 Å². The molecule has 0 spiro atoms. The predicted octanol–water partition coefficient (Wildman–Crippen LogP) is 3.94. The van der Waals surface area contributed by atoms with Crippen LogP contribution in [-0.4, -0.2) is 6.03 Å². The molecule has 2 aromatic rings. The van der Waals surface area contributed by atoms with Crippen molar-refractivity contribution in [2.45, 2.75) is 20.8 Å². The van der Waals surface area contributed by atoms with E-state index in [1.165, 1.54) is 16.7 Å². The van der Waals surface area contributed by atoms with Crippen LogP contribution < -0.4 is 5.30 Å². The fourth-order valence-corrected chi connectivity index (χ4v) is 2.43. The van der Waals surface area contributed by atoms with Gasteiger partial charge in [0.25, 0.3) is 0 Å². The van der Waals surface area contributed by atoms with Crippen molar-refractivity contribution in [1.29, 1.82) is 0 Å². The molecule has 0 fully saturated rings. The zero-order valence-corrected chi connectivity index (χ0v) is 12.4. The van der Waals surface area contributed by atoms with Crippen LogP contribution >= 0.6 is 7.80 Å². The van der Waals surface area contributed by atoms with Gasteiger partial charge in [0.05, 0.1) is 0 Å². The van der Waals surface area contributed by atoms with E-state index in [0.29, 0.717) is 11.3 Å². The number of benzene rings is 2. The summed E-state index contributed by atoms with van der Waals surface area (Å²) >= 11 is 0. The highest BCUT2D eigenvalue weighted by Gasteiger charge is 2.15. The second-order valence-electron chi connectivity index (χ2n) is 4.43. The largest absolute Gasteiger partial charge is 0.449 e. The average molecular weight is 273 g/mol. The third-order valence-corrected chi connectivity index (χ3v) is 3.47. The third-order valence-electron chi connectivity index (χ3n) is 2.47. The molecule has 1 atom stereocenters. The molecule has 0 bridgehead atoms. The van der Waals surface area contributed by atoms with Gasteiger partial charge in [-0.1, -0.05) is 57.7 Å². The van der Waals surface area contributed by atoms with Gasteiger partial charge in [-0.25, -0.2) is 4.79 Å². The van der Waals surface area contributed by atoms with Crippen LogP contribution in [0.15, 0.2) is 48.5 Å². The number of carbonyl (C=O) groups is 1. The molecule has 0 radical (unpaired) electrons. The molecular formula is C16H18O2P+. The third kappa shape index (κ3) is 5.58. The molecule has 0 aliphatic rings. The van der Waals surface area contributed by atoms with E-state index in [2.05, 4.69) is 39.0 Å². The van der Waals surface area contributed by atoms with Crippen molar-refractivity contribution < 1.29 is 9.36 Å². The second kappa shape index (κ2) is 7.60. The van der Waals surface area contributed by atoms with Crippen molar-refractivity contribution in [2.75, 3.05) is 0 Å². The summed E-state index contributed by atoms with van der Waals surface area (Å²) in [4.78, 5) is 10.0. The zero-order chi connectivity index (χ0) is 14.3. The van der Waals surface area contributed by atoms with E-state index in [1.54, 1.807) is 24.3 Å². The Balaban J connectivity index is 0.000000191. The summed E-state index contributed by atoms with van der Waals surface area (Å²) in [7, 11) is -1.80. The van der Waals surface area contributed by atoms with Crippen LogP contribution in [0.25, 0.3) is 0 Å². The zero-order valence-electron chi connectivity index (χ0n) is 11.5. The normalized spacial score (nSPS) is 10.2. The molecule has 19 heavy (non-hydrogen) atoms. The summed E-state index contributed by atoms with van der Waals surface area (Å²) in [6, 6.07) is 15.7. The topological polar surface area (TPSA) is 34.1 Å². The molecule has 0 aromatic heterocycles. The Morgan fingerprint density at radius 1 is 0.842 bits per heavy atom. The lowest BCUT2D eigenvalue weighted by Crippen LogP contribution is -1.93. The van der Waals surface area contributed by atoms with Crippen molar-refractivity contribution in [1.82, 2.24) is 0 Å². The van der Waals surface area contributed by atoms with Gasteiger partial charge in [-0.15, -0.1) is 0 Å². The molecule has 0 amide bonds. The van der Waals surface area contributed by atoms with E-state index in [9.17, 15) is 9.36 Å². The molecule has 98 valence electrons. The lowest BCUT2D eigenvalue weighted by molar-refractivity contribution is 0.560. The van der Waals surface area contributed by atoms with E-state index in [-0.39, 0.29) is 0 Å². The van der Waals surface area contributed by atoms with Crippen LogP contribution in [0.2, 0.25) is 0 Å². The molecule has 0 N–H and O–H groups in total. The summed E-state index contributed by atoms with van der Waals surface area (Å²) in [6.07, 6.45) is 0. The van der Waals surface area contributed by atoms with Crippen molar-refractivity contribution in [2.24, 2.45) is 0 Å². The Morgan fingerprint density at radius 2 is 1.26 bits per heavy atom. The number of carbonyl (C=O) groups excluding carboxylic acids is 1. The maximum Gasteiger partial charge on any atom is 0.449 e. The fourth-order valence-electron chi connectivity index (χ4n) is 1.84. The Kier molecular flexibility index (Phi) is 6.11. The van der Waals surface area contributed by atoms with Gasteiger partial charge in [0.2, 0.25) is 0 Å². The van der Waals surface area contributed by atoms with E-state index in [0.717, 1.165) is 0 Å². The van der Waals surface area contributed by atoms with Gasteiger partial charge in [-0.3, -0.25) is 0 Å². The van der Waals surface area contributed by atoms with Gasteiger partial charge in [-0.05, 0) is 32.9 Å². The lowest BCUT2D eigenvalue weighted by atomic mass is 10.1. The Bertz CT molecular complexity index is 512. The van der Waals surface area contributed by atoms with Gasteiger partial charge in [0.15, 0.2) is 5.30 Å². The fraction of sp³-hybridized carbons (Fsp3) is 0.188. The molecule has 1 unspecified atom stereocenters. The molecule has 3 heteroatoms. The second-order valence-corrected chi connectivity index (χ2v) is 5.81. The van der Waals surface area contributed by atoms with E-state index >= 15 is 0 Å². The molecule has 0 aliphatic heterocycles. The number of rotatable bonds is 2. The number of aryl methyl sites for hydroxylation is 3.